The van der Waals surface area contributed by atoms with Crippen LogP contribution in [0.4, 0.5) is 0 Å². The number of rotatable bonds is 6. The van der Waals surface area contributed by atoms with Crippen molar-refractivity contribution in [3.63, 3.8) is 0 Å². The second-order valence-electron chi connectivity index (χ2n) is 7.37. The zero-order valence-corrected chi connectivity index (χ0v) is 14.4. The first-order valence-electron chi connectivity index (χ1n) is 8.83. The molecular weight excluding hydrogens is 302 g/mol. The molecule has 0 unspecified atom stereocenters. The van der Waals surface area contributed by atoms with Gasteiger partial charge in [0.25, 0.3) is 0 Å². The van der Waals surface area contributed by atoms with Gasteiger partial charge in [-0.25, -0.2) is 0 Å². The van der Waals surface area contributed by atoms with Gasteiger partial charge in [0, 0.05) is 30.1 Å². The minimum atomic E-state index is -1.01. The lowest BCUT2D eigenvalue weighted by atomic mass is 9.83. The van der Waals surface area contributed by atoms with Crippen LogP contribution in [0.15, 0.2) is 18.2 Å². The Morgan fingerprint density at radius 2 is 2.17 bits per heavy atom. The number of aliphatic hydroxyl groups excluding tert-OH is 1. The minimum Gasteiger partial charge on any atom is -0.490 e. The van der Waals surface area contributed by atoms with Gasteiger partial charge in [-0.15, -0.1) is 6.42 Å². The van der Waals surface area contributed by atoms with Gasteiger partial charge < -0.3 is 14.9 Å². The van der Waals surface area contributed by atoms with Crippen LogP contribution in [-0.4, -0.2) is 46.5 Å². The van der Waals surface area contributed by atoms with Crippen molar-refractivity contribution >= 4 is 0 Å². The summed E-state index contributed by atoms with van der Waals surface area (Å²) in [4.78, 5) is 2.34. The molecule has 2 N–H and O–H groups in total. The molecule has 2 aliphatic rings. The van der Waals surface area contributed by atoms with Gasteiger partial charge in [0.15, 0.2) is 0 Å². The fourth-order valence-electron chi connectivity index (χ4n) is 3.33. The lowest BCUT2D eigenvalue weighted by Crippen LogP contribution is -2.47. The van der Waals surface area contributed by atoms with Crippen LogP contribution in [0.5, 0.6) is 5.75 Å². The highest BCUT2D eigenvalue weighted by molar-refractivity contribution is 5.44. The lowest BCUT2D eigenvalue weighted by Gasteiger charge is -2.39. The summed E-state index contributed by atoms with van der Waals surface area (Å²) in [5.41, 5.74) is 0.971. The molecule has 3 rings (SSSR count). The first-order chi connectivity index (χ1) is 11.5. The van der Waals surface area contributed by atoms with Gasteiger partial charge in [0.05, 0.1) is 18.3 Å². The fourth-order valence-corrected chi connectivity index (χ4v) is 3.33. The van der Waals surface area contributed by atoms with Gasteiger partial charge >= 0.3 is 0 Å². The molecule has 0 radical (unpaired) electrons. The van der Waals surface area contributed by atoms with Crippen molar-refractivity contribution < 1.29 is 14.9 Å². The average molecular weight is 329 g/mol. The van der Waals surface area contributed by atoms with Crippen LogP contribution in [-0.2, 0) is 6.54 Å². The summed E-state index contributed by atoms with van der Waals surface area (Å²) in [5, 5.41) is 19.8. The van der Waals surface area contributed by atoms with Crippen LogP contribution in [0.2, 0.25) is 0 Å². The van der Waals surface area contributed by atoms with Gasteiger partial charge in [-0.1, -0.05) is 12.0 Å². The number of terminal acetylenes is 1. The standard InChI is InChI=1S/C20H27NO3/c1-3-15-6-7-16(19(11-15)24-18-8-9-18)12-21-10-4-5-17(13-21)20(2,23)14-22/h1,6-7,11,17-18,22-23H,4-5,8-10,12-14H2,2H3/t17-,20+/m0/s1. The van der Waals surface area contributed by atoms with E-state index in [0.29, 0.717) is 6.10 Å². The zero-order chi connectivity index (χ0) is 17.2. The van der Waals surface area contributed by atoms with E-state index in [4.69, 9.17) is 11.2 Å². The summed E-state index contributed by atoms with van der Waals surface area (Å²) in [7, 11) is 0. The summed E-state index contributed by atoms with van der Waals surface area (Å²) in [6, 6.07) is 5.97. The van der Waals surface area contributed by atoms with Crippen LogP contribution in [0, 0.1) is 18.3 Å². The Balaban J connectivity index is 1.71. The first-order valence-corrected chi connectivity index (χ1v) is 8.83. The number of ether oxygens (including phenoxy) is 1. The maximum Gasteiger partial charge on any atom is 0.125 e. The van der Waals surface area contributed by atoms with Gasteiger partial charge in [-0.2, -0.15) is 0 Å². The maximum atomic E-state index is 10.4. The quantitative estimate of drug-likeness (QED) is 0.786. The molecule has 1 aromatic carbocycles. The Morgan fingerprint density at radius 3 is 2.83 bits per heavy atom. The van der Waals surface area contributed by atoms with Crippen molar-refractivity contribution in [2.75, 3.05) is 19.7 Å². The number of likely N-dealkylation sites (tertiary alicyclic amines) is 1. The minimum absolute atomic E-state index is 0.0917. The molecule has 2 atom stereocenters. The highest BCUT2D eigenvalue weighted by atomic mass is 16.5. The van der Waals surface area contributed by atoms with Gasteiger partial charge in [-0.3, -0.25) is 4.90 Å². The van der Waals surface area contributed by atoms with Crippen LogP contribution in [0.1, 0.15) is 43.7 Å². The van der Waals surface area contributed by atoms with E-state index in [9.17, 15) is 10.2 Å². The molecular formula is C20H27NO3. The number of hydrogen-bond acceptors (Lipinski definition) is 4. The molecule has 1 aromatic rings. The SMILES string of the molecule is C#Cc1ccc(CN2CCC[C@H]([C@](C)(O)CO)C2)c(OC2CC2)c1. The highest BCUT2D eigenvalue weighted by Crippen LogP contribution is 2.32. The van der Waals surface area contributed by atoms with Gasteiger partial charge in [0.2, 0.25) is 0 Å². The van der Waals surface area contributed by atoms with Crippen molar-refractivity contribution in [3.8, 4) is 18.1 Å². The Bertz CT molecular complexity index is 616. The van der Waals surface area contributed by atoms with E-state index in [0.717, 1.165) is 62.2 Å². The molecule has 130 valence electrons. The van der Waals surface area contributed by atoms with Crippen molar-refractivity contribution in [1.82, 2.24) is 4.90 Å². The molecule has 4 heteroatoms. The molecule has 1 heterocycles. The van der Waals surface area contributed by atoms with Crippen molar-refractivity contribution in [1.29, 1.82) is 0 Å². The Labute approximate surface area is 144 Å². The molecule has 0 amide bonds. The summed E-state index contributed by atoms with van der Waals surface area (Å²) in [5.74, 6) is 3.66. The third-order valence-electron chi connectivity index (χ3n) is 5.15. The van der Waals surface area contributed by atoms with Crippen LogP contribution in [0.3, 0.4) is 0 Å². The second-order valence-corrected chi connectivity index (χ2v) is 7.37. The lowest BCUT2D eigenvalue weighted by molar-refractivity contribution is -0.0697. The summed E-state index contributed by atoms with van der Waals surface area (Å²) in [6.45, 7) is 4.10. The average Bonchev–Trinajstić information content (AvgIpc) is 3.40. The Hall–Kier alpha value is -1.54. The predicted octanol–water partition coefficient (Wildman–Crippen LogP) is 2.16. The molecule has 0 spiro atoms. The van der Waals surface area contributed by atoms with Crippen LogP contribution < -0.4 is 4.74 Å². The van der Waals surface area contributed by atoms with Gasteiger partial charge in [-0.05, 0) is 51.3 Å². The first kappa shape index (κ1) is 17.3. The fraction of sp³-hybridized carbons (Fsp3) is 0.600. The molecule has 1 aliphatic carbocycles. The number of benzene rings is 1. The van der Waals surface area contributed by atoms with E-state index in [1.165, 1.54) is 0 Å². The normalized spacial score (nSPS) is 24.2. The molecule has 24 heavy (non-hydrogen) atoms. The van der Waals surface area contributed by atoms with E-state index in [-0.39, 0.29) is 12.5 Å². The molecule has 4 nitrogen and oxygen atoms in total. The number of aliphatic hydroxyl groups is 2. The summed E-state index contributed by atoms with van der Waals surface area (Å²) < 4.78 is 6.04. The predicted molar refractivity (Wildman–Crippen MR) is 93.7 cm³/mol. The molecule has 1 saturated carbocycles. The van der Waals surface area contributed by atoms with Gasteiger partial charge in [0.1, 0.15) is 5.75 Å². The van der Waals surface area contributed by atoms with Crippen molar-refractivity contribution in [2.45, 2.75) is 50.9 Å². The third-order valence-corrected chi connectivity index (χ3v) is 5.15. The third kappa shape index (κ3) is 4.10. The molecule has 0 bridgehead atoms. The molecule has 2 fully saturated rings. The van der Waals surface area contributed by atoms with Crippen molar-refractivity contribution in [3.05, 3.63) is 29.3 Å². The maximum absolute atomic E-state index is 10.4. The smallest absolute Gasteiger partial charge is 0.125 e. The monoisotopic (exact) mass is 329 g/mol. The van der Waals surface area contributed by atoms with Crippen LogP contribution in [0.25, 0.3) is 0 Å². The second kappa shape index (κ2) is 7.14. The molecule has 1 aliphatic heterocycles. The Kier molecular flexibility index (Phi) is 5.15. The molecule has 0 aromatic heterocycles. The van der Waals surface area contributed by atoms with E-state index in [2.05, 4.69) is 16.9 Å². The Morgan fingerprint density at radius 1 is 1.38 bits per heavy atom. The zero-order valence-electron chi connectivity index (χ0n) is 14.4. The summed E-state index contributed by atoms with van der Waals surface area (Å²) in [6.07, 6.45) is 10.1. The topological polar surface area (TPSA) is 52.9 Å². The van der Waals surface area contributed by atoms with E-state index in [1.54, 1.807) is 6.92 Å². The van der Waals surface area contributed by atoms with E-state index < -0.39 is 5.60 Å². The van der Waals surface area contributed by atoms with E-state index in [1.807, 2.05) is 12.1 Å². The summed E-state index contributed by atoms with van der Waals surface area (Å²) >= 11 is 0. The number of piperidine rings is 1. The van der Waals surface area contributed by atoms with Crippen LogP contribution >= 0.6 is 0 Å². The number of hydrogen-bond donors (Lipinski definition) is 2. The number of nitrogens with zero attached hydrogens (tertiary/aromatic N) is 1. The highest BCUT2D eigenvalue weighted by Gasteiger charge is 2.35. The van der Waals surface area contributed by atoms with E-state index >= 15 is 0 Å². The largest absolute Gasteiger partial charge is 0.490 e. The van der Waals surface area contributed by atoms with Crippen molar-refractivity contribution in [2.24, 2.45) is 5.92 Å². The molecule has 1 saturated heterocycles.